The zero-order valence-electron chi connectivity index (χ0n) is 18.6. The number of carbonyl (C=O) groups excluding carboxylic acids is 2. The molecule has 2 aromatic carbocycles. The highest BCUT2D eigenvalue weighted by molar-refractivity contribution is 9.10. The molecule has 5 nitrogen and oxygen atoms in total. The normalized spacial score (nSPS) is 12.2. The Bertz CT molecular complexity index is 868. The number of rotatable bonds is 7. The fourth-order valence-electron chi connectivity index (χ4n) is 3.05. The smallest absolute Gasteiger partial charge is 0.261 e. The zero-order chi connectivity index (χ0) is 22.5. The van der Waals surface area contributed by atoms with E-state index in [1.807, 2.05) is 77.1 Å². The van der Waals surface area contributed by atoms with Crippen LogP contribution < -0.4 is 10.1 Å². The topological polar surface area (TPSA) is 58.6 Å². The molecule has 1 N–H and O–H groups in total. The Morgan fingerprint density at radius 1 is 1.10 bits per heavy atom. The van der Waals surface area contributed by atoms with Crippen molar-refractivity contribution in [1.29, 1.82) is 0 Å². The molecule has 0 saturated heterocycles. The number of benzene rings is 2. The number of nitrogens with zero attached hydrogens (tertiary/aromatic N) is 1. The maximum absolute atomic E-state index is 13.1. The van der Waals surface area contributed by atoms with Crippen molar-refractivity contribution in [3.63, 3.8) is 0 Å². The van der Waals surface area contributed by atoms with Crippen LogP contribution in [0, 0.1) is 13.8 Å². The summed E-state index contributed by atoms with van der Waals surface area (Å²) in [6.45, 7) is 11.7. The molecule has 0 aliphatic carbocycles. The van der Waals surface area contributed by atoms with Gasteiger partial charge in [-0.1, -0.05) is 46.3 Å². The van der Waals surface area contributed by atoms with Crippen LogP contribution >= 0.6 is 15.9 Å². The van der Waals surface area contributed by atoms with E-state index >= 15 is 0 Å². The SMILES string of the molecule is Cc1cc(OCC(=O)N(Cc2ccccc2)[C@H](C)C(=O)NC(C)(C)C)cc(C)c1Br. The molecule has 0 aromatic heterocycles. The van der Waals surface area contributed by atoms with E-state index in [9.17, 15) is 9.59 Å². The molecular formula is C24H31BrN2O3. The molecule has 0 aliphatic rings. The second kappa shape index (κ2) is 10.1. The molecule has 0 saturated carbocycles. The lowest BCUT2D eigenvalue weighted by Gasteiger charge is -2.31. The second-order valence-corrected chi connectivity index (χ2v) is 9.38. The minimum atomic E-state index is -0.631. The van der Waals surface area contributed by atoms with Gasteiger partial charge in [0.05, 0.1) is 0 Å². The molecule has 0 unspecified atom stereocenters. The number of amides is 2. The molecule has 30 heavy (non-hydrogen) atoms. The average molecular weight is 475 g/mol. The maximum atomic E-state index is 13.1. The molecule has 2 aromatic rings. The largest absolute Gasteiger partial charge is 0.484 e. The molecule has 2 rings (SSSR count). The van der Waals surface area contributed by atoms with E-state index in [2.05, 4.69) is 21.2 Å². The number of halogens is 1. The molecule has 0 bridgehead atoms. The first-order valence-corrected chi connectivity index (χ1v) is 10.8. The van der Waals surface area contributed by atoms with Gasteiger partial charge in [0, 0.05) is 16.6 Å². The van der Waals surface area contributed by atoms with Gasteiger partial charge < -0.3 is 15.0 Å². The number of ether oxygens (including phenoxy) is 1. The molecular weight excluding hydrogens is 444 g/mol. The number of carbonyl (C=O) groups is 2. The van der Waals surface area contributed by atoms with Gasteiger partial charge in [-0.3, -0.25) is 9.59 Å². The third-order valence-corrected chi connectivity index (χ3v) is 5.88. The van der Waals surface area contributed by atoms with Crippen molar-refractivity contribution in [2.24, 2.45) is 0 Å². The third kappa shape index (κ3) is 6.87. The summed E-state index contributed by atoms with van der Waals surface area (Å²) >= 11 is 3.54. The van der Waals surface area contributed by atoms with Gasteiger partial charge in [-0.05, 0) is 70.4 Å². The second-order valence-electron chi connectivity index (χ2n) is 8.58. The quantitative estimate of drug-likeness (QED) is 0.628. The first kappa shape index (κ1) is 23.9. The van der Waals surface area contributed by atoms with E-state index in [1.54, 1.807) is 11.8 Å². The molecule has 0 heterocycles. The molecule has 2 amide bonds. The molecule has 0 aliphatic heterocycles. The highest BCUT2D eigenvalue weighted by atomic mass is 79.9. The van der Waals surface area contributed by atoms with Gasteiger partial charge in [0.2, 0.25) is 5.91 Å². The van der Waals surface area contributed by atoms with Crippen molar-refractivity contribution in [3.8, 4) is 5.75 Å². The lowest BCUT2D eigenvalue weighted by atomic mass is 10.1. The summed E-state index contributed by atoms with van der Waals surface area (Å²) in [5.74, 6) is 0.198. The number of aryl methyl sites for hydroxylation is 2. The lowest BCUT2D eigenvalue weighted by molar-refractivity contribution is -0.142. The van der Waals surface area contributed by atoms with Crippen LogP contribution in [0.25, 0.3) is 0 Å². The van der Waals surface area contributed by atoms with E-state index in [4.69, 9.17) is 4.74 Å². The predicted molar refractivity (Wildman–Crippen MR) is 123 cm³/mol. The first-order valence-electron chi connectivity index (χ1n) is 10.0. The Labute approximate surface area is 187 Å². The zero-order valence-corrected chi connectivity index (χ0v) is 20.2. The summed E-state index contributed by atoms with van der Waals surface area (Å²) < 4.78 is 6.82. The minimum Gasteiger partial charge on any atom is -0.484 e. The Morgan fingerprint density at radius 2 is 1.67 bits per heavy atom. The monoisotopic (exact) mass is 474 g/mol. The summed E-state index contributed by atoms with van der Waals surface area (Å²) in [7, 11) is 0. The van der Waals surface area contributed by atoms with Crippen LogP contribution in [0.2, 0.25) is 0 Å². The van der Waals surface area contributed by atoms with E-state index in [1.165, 1.54) is 0 Å². The van der Waals surface area contributed by atoms with E-state index < -0.39 is 6.04 Å². The van der Waals surface area contributed by atoms with E-state index in [0.29, 0.717) is 12.3 Å². The Kier molecular flexibility index (Phi) is 8.07. The summed E-state index contributed by atoms with van der Waals surface area (Å²) in [6.07, 6.45) is 0. The van der Waals surface area contributed by atoms with E-state index in [0.717, 1.165) is 21.2 Å². The molecule has 1 atom stereocenters. The van der Waals surface area contributed by atoms with Crippen molar-refractivity contribution >= 4 is 27.7 Å². The minimum absolute atomic E-state index is 0.138. The van der Waals surface area contributed by atoms with Gasteiger partial charge in [-0.15, -0.1) is 0 Å². The number of hydrogen-bond acceptors (Lipinski definition) is 3. The maximum Gasteiger partial charge on any atom is 0.261 e. The third-order valence-electron chi connectivity index (χ3n) is 4.63. The Hall–Kier alpha value is -2.34. The standard InChI is InChI=1S/C24H31BrN2O3/c1-16-12-20(13-17(2)22(16)25)30-15-21(28)27(14-19-10-8-7-9-11-19)18(3)23(29)26-24(4,5)6/h7-13,18H,14-15H2,1-6H3,(H,26,29)/t18-/m1/s1. The van der Waals surface area contributed by atoms with Crippen LogP contribution in [0.15, 0.2) is 46.9 Å². The fraction of sp³-hybridized carbons (Fsp3) is 0.417. The van der Waals surface area contributed by atoms with Crippen molar-refractivity contribution in [2.75, 3.05) is 6.61 Å². The van der Waals surface area contributed by atoms with Crippen LogP contribution in [0.5, 0.6) is 5.75 Å². The van der Waals surface area contributed by atoms with Crippen molar-refractivity contribution in [3.05, 3.63) is 63.6 Å². The summed E-state index contributed by atoms with van der Waals surface area (Å²) in [5.41, 5.74) is 2.65. The van der Waals surface area contributed by atoms with Gasteiger partial charge in [-0.2, -0.15) is 0 Å². The molecule has 0 radical (unpaired) electrons. The van der Waals surface area contributed by atoms with Gasteiger partial charge in [0.1, 0.15) is 11.8 Å². The van der Waals surface area contributed by atoms with Crippen LogP contribution in [0.1, 0.15) is 44.4 Å². The molecule has 162 valence electrons. The summed E-state index contributed by atoms with van der Waals surface area (Å²) in [6, 6.07) is 12.8. The van der Waals surface area contributed by atoms with E-state index in [-0.39, 0.29) is 24.0 Å². The Balaban J connectivity index is 2.18. The Morgan fingerprint density at radius 3 is 2.20 bits per heavy atom. The van der Waals surface area contributed by atoms with Crippen LogP contribution in [0.4, 0.5) is 0 Å². The highest BCUT2D eigenvalue weighted by Crippen LogP contribution is 2.26. The van der Waals surface area contributed by atoms with Crippen molar-refractivity contribution in [1.82, 2.24) is 10.2 Å². The summed E-state index contributed by atoms with van der Waals surface area (Å²) in [5, 5.41) is 2.96. The van der Waals surface area contributed by atoms with Crippen molar-refractivity contribution < 1.29 is 14.3 Å². The average Bonchev–Trinajstić information content (AvgIpc) is 2.67. The van der Waals surface area contributed by atoms with Crippen LogP contribution in [-0.2, 0) is 16.1 Å². The van der Waals surface area contributed by atoms with Crippen LogP contribution in [-0.4, -0.2) is 34.9 Å². The van der Waals surface area contributed by atoms with Crippen LogP contribution in [0.3, 0.4) is 0 Å². The highest BCUT2D eigenvalue weighted by Gasteiger charge is 2.28. The van der Waals surface area contributed by atoms with Gasteiger partial charge in [0.25, 0.3) is 5.91 Å². The summed E-state index contributed by atoms with van der Waals surface area (Å²) in [4.78, 5) is 27.4. The predicted octanol–water partition coefficient (Wildman–Crippen LogP) is 4.78. The van der Waals surface area contributed by atoms with Gasteiger partial charge >= 0.3 is 0 Å². The number of nitrogens with one attached hydrogen (secondary N) is 1. The van der Waals surface area contributed by atoms with Gasteiger partial charge in [-0.25, -0.2) is 0 Å². The molecule has 0 spiro atoms. The first-order chi connectivity index (χ1) is 14.0. The van der Waals surface area contributed by atoms with Gasteiger partial charge in [0.15, 0.2) is 6.61 Å². The fourth-order valence-corrected chi connectivity index (χ4v) is 3.28. The lowest BCUT2D eigenvalue weighted by Crippen LogP contribution is -2.53. The van der Waals surface area contributed by atoms with Crippen molar-refractivity contribution in [2.45, 2.75) is 59.7 Å². The number of hydrogen-bond donors (Lipinski definition) is 1. The molecule has 6 heteroatoms. The molecule has 0 fully saturated rings.